The van der Waals surface area contributed by atoms with Gasteiger partial charge in [-0.25, -0.2) is 9.97 Å². The zero-order valence-electron chi connectivity index (χ0n) is 7.96. The van der Waals surface area contributed by atoms with Crippen LogP contribution >= 0.6 is 0 Å². The SMILES string of the molecule is CCCNc1ncnc(N)c1NC. The molecule has 1 heterocycles. The fourth-order valence-electron chi connectivity index (χ4n) is 1.02. The van der Waals surface area contributed by atoms with E-state index in [1.807, 2.05) is 0 Å². The lowest BCUT2D eigenvalue weighted by atomic mass is 10.4. The largest absolute Gasteiger partial charge is 0.382 e. The minimum Gasteiger partial charge on any atom is -0.382 e. The molecule has 1 aromatic rings. The summed E-state index contributed by atoms with van der Waals surface area (Å²) < 4.78 is 0. The maximum absolute atomic E-state index is 5.65. The third kappa shape index (κ3) is 2.21. The molecule has 0 saturated carbocycles. The molecule has 0 atom stereocenters. The summed E-state index contributed by atoms with van der Waals surface area (Å²) in [5, 5.41) is 6.12. The van der Waals surface area contributed by atoms with Crippen LogP contribution in [0.4, 0.5) is 17.3 Å². The van der Waals surface area contributed by atoms with Crippen LogP contribution in [0.3, 0.4) is 0 Å². The third-order valence-electron chi connectivity index (χ3n) is 1.67. The van der Waals surface area contributed by atoms with Crippen LogP contribution in [0, 0.1) is 0 Å². The molecule has 0 radical (unpaired) electrons. The van der Waals surface area contributed by atoms with Crippen molar-refractivity contribution in [1.29, 1.82) is 0 Å². The van der Waals surface area contributed by atoms with E-state index in [-0.39, 0.29) is 0 Å². The molecule has 0 amide bonds. The second-order valence-corrected chi connectivity index (χ2v) is 2.66. The molecule has 0 unspecified atom stereocenters. The molecule has 0 aliphatic heterocycles. The molecule has 5 heteroatoms. The second-order valence-electron chi connectivity index (χ2n) is 2.66. The fourth-order valence-corrected chi connectivity index (χ4v) is 1.02. The van der Waals surface area contributed by atoms with Gasteiger partial charge in [-0.15, -0.1) is 0 Å². The summed E-state index contributed by atoms with van der Waals surface area (Å²) in [7, 11) is 1.80. The highest BCUT2D eigenvalue weighted by Crippen LogP contribution is 2.22. The number of rotatable bonds is 4. The zero-order valence-corrected chi connectivity index (χ0v) is 7.96. The summed E-state index contributed by atoms with van der Waals surface area (Å²) in [4.78, 5) is 7.97. The molecule has 0 fully saturated rings. The van der Waals surface area contributed by atoms with Gasteiger partial charge in [0.1, 0.15) is 12.0 Å². The van der Waals surface area contributed by atoms with E-state index in [0.29, 0.717) is 5.82 Å². The van der Waals surface area contributed by atoms with Crippen LogP contribution in [0.5, 0.6) is 0 Å². The molecule has 1 aromatic heterocycles. The maximum Gasteiger partial charge on any atom is 0.155 e. The van der Waals surface area contributed by atoms with Crippen molar-refractivity contribution in [2.75, 3.05) is 30.0 Å². The number of hydrogen-bond acceptors (Lipinski definition) is 5. The van der Waals surface area contributed by atoms with Crippen LogP contribution in [0.25, 0.3) is 0 Å². The van der Waals surface area contributed by atoms with Crippen LogP contribution in [0.1, 0.15) is 13.3 Å². The first-order chi connectivity index (χ1) is 6.29. The van der Waals surface area contributed by atoms with Gasteiger partial charge in [0, 0.05) is 13.6 Å². The van der Waals surface area contributed by atoms with Crippen molar-refractivity contribution < 1.29 is 0 Å². The third-order valence-corrected chi connectivity index (χ3v) is 1.67. The summed E-state index contributed by atoms with van der Waals surface area (Å²) >= 11 is 0. The van der Waals surface area contributed by atoms with Gasteiger partial charge in [0.05, 0.1) is 0 Å². The first kappa shape index (κ1) is 9.57. The van der Waals surface area contributed by atoms with E-state index in [4.69, 9.17) is 5.73 Å². The number of hydrogen-bond donors (Lipinski definition) is 3. The molecule has 72 valence electrons. The molecule has 0 aliphatic carbocycles. The monoisotopic (exact) mass is 181 g/mol. The van der Waals surface area contributed by atoms with Crippen LogP contribution in [0.15, 0.2) is 6.33 Å². The van der Waals surface area contributed by atoms with Gasteiger partial charge in [-0.1, -0.05) is 6.92 Å². The lowest BCUT2D eigenvalue weighted by Crippen LogP contribution is -2.08. The Morgan fingerprint density at radius 3 is 2.85 bits per heavy atom. The first-order valence-corrected chi connectivity index (χ1v) is 4.31. The van der Waals surface area contributed by atoms with E-state index in [0.717, 1.165) is 24.5 Å². The zero-order chi connectivity index (χ0) is 9.68. The standard InChI is InChI=1S/C8H15N5/c1-3-4-11-8-6(10-2)7(9)12-5-13-8/h5,10H,3-4H2,1-2H3,(H3,9,11,12,13). The highest BCUT2D eigenvalue weighted by atomic mass is 15.1. The van der Waals surface area contributed by atoms with Crippen molar-refractivity contribution in [3.05, 3.63) is 6.33 Å². The average molecular weight is 181 g/mol. The van der Waals surface area contributed by atoms with Crippen molar-refractivity contribution >= 4 is 17.3 Å². The van der Waals surface area contributed by atoms with E-state index in [1.165, 1.54) is 6.33 Å². The van der Waals surface area contributed by atoms with Crippen molar-refractivity contribution in [1.82, 2.24) is 9.97 Å². The molecule has 5 nitrogen and oxygen atoms in total. The van der Waals surface area contributed by atoms with Gasteiger partial charge >= 0.3 is 0 Å². The van der Waals surface area contributed by atoms with Crippen molar-refractivity contribution in [3.63, 3.8) is 0 Å². The van der Waals surface area contributed by atoms with Crippen LogP contribution < -0.4 is 16.4 Å². The number of nitrogen functional groups attached to an aromatic ring is 1. The van der Waals surface area contributed by atoms with E-state index in [9.17, 15) is 0 Å². The number of nitrogens with one attached hydrogen (secondary N) is 2. The molecular formula is C8H15N5. The van der Waals surface area contributed by atoms with Crippen molar-refractivity contribution in [2.24, 2.45) is 0 Å². The van der Waals surface area contributed by atoms with Gasteiger partial charge in [-0.05, 0) is 6.42 Å². The van der Waals surface area contributed by atoms with Crippen molar-refractivity contribution in [3.8, 4) is 0 Å². The van der Waals surface area contributed by atoms with E-state index in [2.05, 4.69) is 27.5 Å². The first-order valence-electron chi connectivity index (χ1n) is 4.31. The fraction of sp³-hybridized carbons (Fsp3) is 0.500. The van der Waals surface area contributed by atoms with E-state index >= 15 is 0 Å². The molecule has 0 bridgehead atoms. The number of nitrogens with zero attached hydrogens (tertiary/aromatic N) is 2. The Kier molecular flexibility index (Phi) is 3.31. The summed E-state index contributed by atoms with van der Waals surface area (Å²) in [6.07, 6.45) is 2.50. The Morgan fingerprint density at radius 1 is 1.46 bits per heavy atom. The summed E-state index contributed by atoms with van der Waals surface area (Å²) in [6.45, 7) is 2.97. The topological polar surface area (TPSA) is 75.9 Å². The van der Waals surface area contributed by atoms with Gasteiger partial charge in [0.15, 0.2) is 11.6 Å². The molecular weight excluding hydrogens is 166 g/mol. The summed E-state index contributed by atoms with van der Waals surface area (Å²) in [5.41, 5.74) is 6.41. The Bertz CT molecular complexity index is 273. The highest BCUT2D eigenvalue weighted by Gasteiger charge is 2.05. The van der Waals surface area contributed by atoms with Gasteiger partial charge in [-0.2, -0.15) is 0 Å². The number of aromatic nitrogens is 2. The van der Waals surface area contributed by atoms with Gasteiger partial charge in [0.2, 0.25) is 0 Å². The van der Waals surface area contributed by atoms with E-state index < -0.39 is 0 Å². The predicted octanol–water partition coefficient (Wildman–Crippen LogP) is 0.922. The summed E-state index contributed by atoms with van der Waals surface area (Å²) in [5.74, 6) is 1.23. The quantitative estimate of drug-likeness (QED) is 0.644. The minimum absolute atomic E-state index is 0.469. The van der Waals surface area contributed by atoms with Gasteiger partial charge in [-0.3, -0.25) is 0 Å². The highest BCUT2D eigenvalue weighted by molar-refractivity contribution is 5.74. The van der Waals surface area contributed by atoms with Gasteiger partial charge in [0.25, 0.3) is 0 Å². The Morgan fingerprint density at radius 2 is 2.23 bits per heavy atom. The minimum atomic E-state index is 0.469. The molecule has 1 rings (SSSR count). The number of anilines is 3. The molecule has 0 aromatic carbocycles. The van der Waals surface area contributed by atoms with Crippen LogP contribution in [-0.4, -0.2) is 23.6 Å². The molecule has 4 N–H and O–H groups in total. The molecule has 0 saturated heterocycles. The Balaban J connectivity index is 2.85. The van der Waals surface area contributed by atoms with Crippen LogP contribution in [0.2, 0.25) is 0 Å². The lowest BCUT2D eigenvalue weighted by Gasteiger charge is -2.10. The summed E-state index contributed by atoms with van der Waals surface area (Å²) in [6, 6.07) is 0. The Hall–Kier alpha value is -1.52. The maximum atomic E-state index is 5.65. The average Bonchev–Trinajstić information content (AvgIpc) is 2.15. The molecule has 0 spiro atoms. The van der Waals surface area contributed by atoms with Gasteiger partial charge < -0.3 is 16.4 Å². The smallest absolute Gasteiger partial charge is 0.155 e. The number of nitrogens with two attached hydrogens (primary N) is 1. The molecule has 13 heavy (non-hydrogen) atoms. The van der Waals surface area contributed by atoms with Crippen LogP contribution in [-0.2, 0) is 0 Å². The predicted molar refractivity (Wildman–Crippen MR) is 54.8 cm³/mol. The van der Waals surface area contributed by atoms with Crippen molar-refractivity contribution in [2.45, 2.75) is 13.3 Å². The Labute approximate surface area is 77.8 Å². The molecule has 0 aliphatic rings. The van der Waals surface area contributed by atoms with E-state index in [1.54, 1.807) is 7.05 Å². The second kappa shape index (κ2) is 4.49. The normalized spacial score (nSPS) is 9.69. The lowest BCUT2D eigenvalue weighted by molar-refractivity contribution is 0.966.